The van der Waals surface area contributed by atoms with E-state index in [2.05, 4.69) is 46.7 Å². The molecule has 0 aliphatic carbocycles. The first kappa shape index (κ1) is 38.9. The van der Waals surface area contributed by atoms with Crippen LogP contribution in [0.25, 0.3) is 11.0 Å². The summed E-state index contributed by atoms with van der Waals surface area (Å²) in [5.74, 6) is 1.19. The van der Waals surface area contributed by atoms with E-state index in [-0.39, 0.29) is 23.8 Å². The van der Waals surface area contributed by atoms with Crippen molar-refractivity contribution in [2.24, 2.45) is 13.0 Å². The van der Waals surface area contributed by atoms with Crippen molar-refractivity contribution >= 4 is 74.7 Å². The van der Waals surface area contributed by atoms with Gasteiger partial charge in [0.2, 0.25) is 17.8 Å². The Morgan fingerprint density at radius 2 is 1.60 bits per heavy atom. The number of carbonyl (C=O) groups is 3. The number of ether oxygens (including phenoxy) is 1. The SMILES string of the molecule is COc1cc(N2CCC(CN3CCN(c4ccc5c(c4)n(C)c(=O)n5C4CCC(=O)NC4=O)CC3)CC2)ccc1Nc1ncc(Cl)c(Nc2ccccc2C(C)=O)n1. The van der Waals surface area contributed by atoms with Gasteiger partial charge in [0.1, 0.15) is 16.8 Å². The fourth-order valence-corrected chi connectivity index (χ4v) is 8.49. The Hall–Kier alpha value is -5.93. The largest absolute Gasteiger partial charge is 0.494 e. The van der Waals surface area contributed by atoms with Crippen molar-refractivity contribution in [1.82, 2.24) is 29.3 Å². The van der Waals surface area contributed by atoms with E-state index in [1.165, 1.54) is 17.7 Å². The number of nitrogens with zero attached hydrogens (tertiary/aromatic N) is 7. The van der Waals surface area contributed by atoms with Crippen molar-refractivity contribution in [1.29, 1.82) is 0 Å². The van der Waals surface area contributed by atoms with Gasteiger partial charge in [-0.2, -0.15) is 4.98 Å². The van der Waals surface area contributed by atoms with E-state index in [1.54, 1.807) is 30.9 Å². The number of piperidine rings is 2. The molecule has 2 aromatic heterocycles. The summed E-state index contributed by atoms with van der Waals surface area (Å²) in [4.78, 5) is 66.0. The van der Waals surface area contributed by atoms with E-state index in [1.807, 2.05) is 42.5 Å². The van der Waals surface area contributed by atoms with E-state index in [0.717, 1.165) is 75.5 Å². The Bertz CT molecular complexity index is 2430. The molecule has 16 heteroatoms. The second-order valence-electron chi connectivity index (χ2n) is 15.2. The molecule has 0 spiro atoms. The zero-order chi connectivity index (χ0) is 40.5. The topological polar surface area (TPSA) is 159 Å². The summed E-state index contributed by atoms with van der Waals surface area (Å²) in [6, 6.07) is 18.6. The highest BCUT2D eigenvalue weighted by Crippen LogP contribution is 2.35. The van der Waals surface area contributed by atoms with Gasteiger partial charge in [0, 0.05) is 82.3 Å². The lowest BCUT2D eigenvalue weighted by Crippen LogP contribution is -2.49. The molecule has 0 saturated carbocycles. The van der Waals surface area contributed by atoms with Gasteiger partial charge in [-0.05, 0) is 74.6 Å². The number of Topliss-reactive ketones (excluding diaryl/α,β-unsaturated/α-hetero) is 1. The molecule has 8 rings (SSSR count). The van der Waals surface area contributed by atoms with Gasteiger partial charge < -0.3 is 25.2 Å². The number of anilines is 6. The Labute approximate surface area is 340 Å². The lowest BCUT2D eigenvalue weighted by molar-refractivity contribution is -0.135. The Balaban J connectivity index is 0.844. The van der Waals surface area contributed by atoms with E-state index in [9.17, 15) is 19.2 Å². The second kappa shape index (κ2) is 16.5. The number of amides is 2. The standard InChI is InChI=1S/C42H47ClN10O5/c1-26(54)30-6-4-5-7-32(30)45-39-31(43)24-44-41(48-39)46-33-10-8-29(23-37(33)58-3)51-16-14-27(15-17-51)25-50-18-20-52(21-19-50)28-9-11-34-36(22-28)49(2)42(57)53(34)35-12-13-38(55)47-40(35)56/h4-11,22-24,27,35H,12-21,25H2,1-3H3,(H,47,55,56)(H2,44,45,46,48). The van der Waals surface area contributed by atoms with Crippen LogP contribution in [-0.2, 0) is 16.6 Å². The van der Waals surface area contributed by atoms with Crippen molar-refractivity contribution in [3.63, 3.8) is 0 Å². The minimum Gasteiger partial charge on any atom is -0.494 e. The van der Waals surface area contributed by atoms with Gasteiger partial charge in [0.15, 0.2) is 11.6 Å². The molecule has 1 atom stereocenters. The first-order valence-electron chi connectivity index (χ1n) is 19.7. The molecule has 302 valence electrons. The molecule has 3 saturated heterocycles. The number of aryl methyl sites for hydroxylation is 1. The molecule has 3 aliphatic rings. The molecule has 1 unspecified atom stereocenters. The number of halogens is 1. The van der Waals surface area contributed by atoms with Crippen LogP contribution in [0.4, 0.5) is 34.5 Å². The molecule has 5 heterocycles. The molecule has 0 bridgehead atoms. The molecule has 3 aromatic carbocycles. The average Bonchev–Trinajstić information content (AvgIpc) is 3.47. The summed E-state index contributed by atoms with van der Waals surface area (Å²) in [5, 5.41) is 9.13. The first-order valence-corrected chi connectivity index (χ1v) is 20.1. The number of para-hydroxylation sites is 1. The number of rotatable bonds is 11. The molecule has 3 fully saturated rings. The van der Waals surface area contributed by atoms with Crippen LogP contribution in [0, 0.1) is 5.92 Å². The summed E-state index contributed by atoms with van der Waals surface area (Å²) in [6.07, 6.45) is 4.24. The number of hydrogen-bond acceptors (Lipinski definition) is 12. The number of benzene rings is 3. The third-order valence-electron chi connectivity index (χ3n) is 11.6. The van der Waals surface area contributed by atoms with Crippen molar-refractivity contribution in [3.05, 3.63) is 87.9 Å². The van der Waals surface area contributed by atoms with Gasteiger partial charge >= 0.3 is 5.69 Å². The maximum absolute atomic E-state index is 13.2. The highest BCUT2D eigenvalue weighted by molar-refractivity contribution is 6.33. The number of ketones is 1. The third kappa shape index (κ3) is 7.96. The van der Waals surface area contributed by atoms with Crippen molar-refractivity contribution < 1.29 is 19.1 Å². The molecular formula is C42H47ClN10O5. The molecule has 58 heavy (non-hydrogen) atoms. The zero-order valence-corrected chi connectivity index (χ0v) is 33.6. The van der Waals surface area contributed by atoms with Crippen LogP contribution in [0.3, 0.4) is 0 Å². The van der Waals surface area contributed by atoms with Crippen LogP contribution in [0.1, 0.15) is 49.0 Å². The predicted molar refractivity (Wildman–Crippen MR) is 225 cm³/mol. The van der Waals surface area contributed by atoms with Gasteiger partial charge in [0.05, 0.1) is 35.7 Å². The number of piperazine rings is 1. The Morgan fingerprint density at radius 1 is 0.879 bits per heavy atom. The molecular weight excluding hydrogens is 760 g/mol. The van der Waals surface area contributed by atoms with Gasteiger partial charge in [-0.25, -0.2) is 9.78 Å². The van der Waals surface area contributed by atoms with Crippen LogP contribution >= 0.6 is 11.6 Å². The number of nitrogens with one attached hydrogen (secondary N) is 3. The second-order valence-corrected chi connectivity index (χ2v) is 15.6. The number of hydrogen-bond donors (Lipinski definition) is 3. The van der Waals surface area contributed by atoms with Crippen LogP contribution in [0.5, 0.6) is 5.75 Å². The zero-order valence-electron chi connectivity index (χ0n) is 32.8. The van der Waals surface area contributed by atoms with Crippen LogP contribution in [0.2, 0.25) is 5.02 Å². The van der Waals surface area contributed by atoms with Crippen LogP contribution in [-0.4, -0.2) is 94.5 Å². The van der Waals surface area contributed by atoms with E-state index in [4.69, 9.17) is 16.3 Å². The highest BCUT2D eigenvalue weighted by atomic mass is 35.5. The third-order valence-corrected chi connectivity index (χ3v) is 11.8. The van der Waals surface area contributed by atoms with Crippen LogP contribution in [0.15, 0.2) is 71.7 Å². The summed E-state index contributed by atoms with van der Waals surface area (Å²) in [6.45, 7) is 8.18. The normalized spacial score (nSPS) is 18.0. The molecule has 5 aromatic rings. The monoisotopic (exact) mass is 806 g/mol. The summed E-state index contributed by atoms with van der Waals surface area (Å²) in [7, 11) is 3.38. The van der Waals surface area contributed by atoms with Crippen LogP contribution < -0.4 is 36.2 Å². The molecule has 3 N–H and O–H groups in total. The quantitative estimate of drug-likeness (QED) is 0.114. The molecule has 0 radical (unpaired) electrons. The smallest absolute Gasteiger partial charge is 0.329 e. The molecule has 3 aliphatic heterocycles. The van der Waals surface area contributed by atoms with Gasteiger partial charge in [0.25, 0.3) is 0 Å². The fraction of sp³-hybridized carbons (Fsp3) is 0.381. The number of carbonyl (C=O) groups excluding carboxylic acids is 3. The number of aromatic nitrogens is 4. The minimum absolute atomic E-state index is 0.0676. The predicted octanol–water partition coefficient (Wildman–Crippen LogP) is 5.50. The van der Waals surface area contributed by atoms with Gasteiger partial charge in [-0.3, -0.25) is 33.7 Å². The lowest BCUT2D eigenvalue weighted by Gasteiger charge is -2.40. The van der Waals surface area contributed by atoms with Crippen molar-refractivity contribution in [2.75, 3.05) is 73.4 Å². The number of imide groups is 1. The average molecular weight is 807 g/mol. The summed E-state index contributed by atoms with van der Waals surface area (Å²) in [5.41, 5.74) is 5.24. The molecule has 2 amide bonds. The van der Waals surface area contributed by atoms with Gasteiger partial charge in [-0.15, -0.1) is 0 Å². The fourth-order valence-electron chi connectivity index (χ4n) is 8.35. The van der Waals surface area contributed by atoms with Crippen molar-refractivity contribution in [3.8, 4) is 5.75 Å². The summed E-state index contributed by atoms with van der Waals surface area (Å²) < 4.78 is 8.91. The highest BCUT2D eigenvalue weighted by Gasteiger charge is 2.32. The Morgan fingerprint density at radius 3 is 2.34 bits per heavy atom. The maximum Gasteiger partial charge on any atom is 0.329 e. The molecule has 15 nitrogen and oxygen atoms in total. The summed E-state index contributed by atoms with van der Waals surface area (Å²) >= 11 is 6.43. The number of fused-ring (bicyclic) bond motifs is 1. The first-order chi connectivity index (χ1) is 28.1. The van der Waals surface area contributed by atoms with Crippen molar-refractivity contribution in [2.45, 2.75) is 38.6 Å². The number of imidazole rings is 1. The minimum atomic E-state index is -0.693. The Kier molecular flexibility index (Phi) is 11.1. The van der Waals surface area contributed by atoms with E-state index < -0.39 is 11.9 Å². The van der Waals surface area contributed by atoms with E-state index in [0.29, 0.717) is 57.3 Å². The maximum atomic E-state index is 13.2. The number of methoxy groups -OCH3 is 1. The van der Waals surface area contributed by atoms with Gasteiger partial charge in [-0.1, -0.05) is 23.7 Å². The lowest BCUT2D eigenvalue weighted by atomic mass is 9.95. The van der Waals surface area contributed by atoms with E-state index >= 15 is 0 Å².